The normalized spacial score (nSPS) is 29.0. The third-order valence-electron chi connectivity index (χ3n) is 3.87. The molecule has 1 fully saturated rings. The van der Waals surface area contributed by atoms with Crippen LogP contribution in [0, 0.1) is 11.8 Å². The van der Waals surface area contributed by atoms with Crippen molar-refractivity contribution in [1.29, 1.82) is 0 Å². The second-order valence-electron chi connectivity index (χ2n) is 5.51. The van der Waals surface area contributed by atoms with Gasteiger partial charge in [0.05, 0.1) is 5.69 Å². The van der Waals surface area contributed by atoms with E-state index in [1.807, 2.05) is 12.3 Å². The van der Waals surface area contributed by atoms with E-state index in [0.717, 1.165) is 11.6 Å². The maximum Gasteiger partial charge on any atom is 0.250 e. The highest BCUT2D eigenvalue weighted by atomic mass is 16.1. The van der Waals surface area contributed by atoms with Gasteiger partial charge in [-0.1, -0.05) is 13.8 Å². The molecule has 1 heterocycles. The molecule has 0 aliphatic heterocycles. The quantitative estimate of drug-likeness (QED) is 0.853. The molecule has 1 aromatic rings. The van der Waals surface area contributed by atoms with E-state index in [-0.39, 0.29) is 5.56 Å². The number of aryl methyl sites for hydroxylation is 1. The topological polar surface area (TPSA) is 34.0 Å². The minimum absolute atomic E-state index is 0.0425. The van der Waals surface area contributed by atoms with Crippen LogP contribution in [-0.4, -0.2) is 10.6 Å². The third-order valence-corrected chi connectivity index (χ3v) is 3.87. The monoisotopic (exact) mass is 234 g/mol. The lowest BCUT2D eigenvalue weighted by Crippen LogP contribution is -2.33. The molecule has 3 unspecified atom stereocenters. The van der Waals surface area contributed by atoms with Crippen molar-refractivity contribution in [3.63, 3.8) is 0 Å². The first kappa shape index (κ1) is 12.2. The van der Waals surface area contributed by atoms with Crippen LogP contribution in [0.5, 0.6) is 0 Å². The fraction of sp³-hybridized carbons (Fsp3) is 0.643. The van der Waals surface area contributed by atoms with E-state index >= 15 is 0 Å². The van der Waals surface area contributed by atoms with Gasteiger partial charge in [-0.25, -0.2) is 0 Å². The molecule has 94 valence electrons. The maximum atomic E-state index is 11.3. The highest BCUT2D eigenvalue weighted by molar-refractivity contribution is 5.41. The van der Waals surface area contributed by atoms with E-state index in [1.54, 1.807) is 17.7 Å². The van der Waals surface area contributed by atoms with Gasteiger partial charge in [0.25, 0.3) is 0 Å². The molecule has 1 aromatic heterocycles. The molecule has 17 heavy (non-hydrogen) atoms. The van der Waals surface area contributed by atoms with Crippen molar-refractivity contribution in [1.82, 2.24) is 4.57 Å². The van der Waals surface area contributed by atoms with E-state index < -0.39 is 0 Å². The molecule has 0 aromatic carbocycles. The molecule has 0 saturated heterocycles. The van der Waals surface area contributed by atoms with Crippen LogP contribution in [0.1, 0.15) is 33.1 Å². The Morgan fingerprint density at radius 3 is 2.71 bits per heavy atom. The smallest absolute Gasteiger partial charge is 0.250 e. The first-order chi connectivity index (χ1) is 8.06. The van der Waals surface area contributed by atoms with Crippen molar-refractivity contribution in [2.24, 2.45) is 18.9 Å². The molecule has 0 radical (unpaired) electrons. The van der Waals surface area contributed by atoms with Crippen LogP contribution >= 0.6 is 0 Å². The van der Waals surface area contributed by atoms with E-state index in [9.17, 15) is 4.79 Å². The summed E-state index contributed by atoms with van der Waals surface area (Å²) in [6.45, 7) is 4.65. The summed E-state index contributed by atoms with van der Waals surface area (Å²) in [7, 11) is 1.79. The molecular weight excluding hydrogens is 212 g/mol. The molecule has 1 saturated carbocycles. The summed E-state index contributed by atoms with van der Waals surface area (Å²) in [5.41, 5.74) is 1.10. The maximum absolute atomic E-state index is 11.3. The number of aromatic nitrogens is 1. The van der Waals surface area contributed by atoms with E-state index in [1.165, 1.54) is 19.3 Å². The van der Waals surface area contributed by atoms with Gasteiger partial charge in [0.2, 0.25) is 5.56 Å². The average Bonchev–Trinajstić information content (AvgIpc) is 2.27. The van der Waals surface area contributed by atoms with Crippen LogP contribution in [0.4, 0.5) is 5.69 Å². The molecule has 3 heteroatoms. The summed E-state index contributed by atoms with van der Waals surface area (Å²) in [6.07, 6.45) is 5.70. The van der Waals surface area contributed by atoms with Gasteiger partial charge >= 0.3 is 0 Å². The Bertz CT molecular complexity index is 438. The summed E-state index contributed by atoms with van der Waals surface area (Å²) in [5.74, 6) is 1.55. The number of hydrogen-bond acceptors (Lipinski definition) is 2. The first-order valence-electron chi connectivity index (χ1n) is 6.49. The zero-order valence-corrected chi connectivity index (χ0v) is 10.9. The molecule has 0 amide bonds. The van der Waals surface area contributed by atoms with Crippen molar-refractivity contribution in [2.75, 3.05) is 5.32 Å². The Morgan fingerprint density at radius 2 is 2.06 bits per heavy atom. The number of nitrogens with zero attached hydrogens (tertiary/aromatic N) is 1. The highest BCUT2D eigenvalue weighted by Crippen LogP contribution is 2.30. The molecule has 3 nitrogen and oxygen atoms in total. The summed E-state index contributed by atoms with van der Waals surface area (Å²) < 4.78 is 1.62. The Hall–Kier alpha value is -1.25. The van der Waals surface area contributed by atoms with Crippen LogP contribution in [-0.2, 0) is 7.05 Å². The number of rotatable bonds is 2. The molecule has 1 aliphatic rings. The Labute approximate surface area is 103 Å². The molecule has 2 rings (SSSR count). The third kappa shape index (κ3) is 2.90. The minimum atomic E-state index is 0.0425. The predicted molar refractivity (Wildman–Crippen MR) is 71.3 cm³/mol. The van der Waals surface area contributed by atoms with Gasteiger partial charge in [0, 0.05) is 25.4 Å². The van der Waals surface area contributed by atoms with Crippen LogP contribution in [0.15, 0.2) is 23.1 Å². The average molecular weight is 234 g/mol. The van der Waals surface area contributed by atoms with Crippen molar-refractivity contribution in [3.05, 3.63) is 28.7 Å². The molecule has 0 spiro atoms. The fourth-order valence-electron chi connectivity index (χ4n) is 2.77. The van der Waals surface area contributed by atoms with Crippen LogP contribution in [0.2, 0.25) is 0 Å². The largest absolute Gasteiger partial charge is 0.381 e. The lowest BCUT2D eigenvalue weighted by Gasteiger charge is -2.33. The zero-order chi connectivity index (χ0) is 12.4. The number of hydrogen-bond donors (Lipinski definition) is 1. The summed E-state index contributed by atoms with van der Waals surface area (Å²) in [6, 6.07) is 4.05. The Balaban J connectivity index is 2.05. The second-order valence-corrected chi connectivity index (χ2v) is 5.51. The lowest BCUT2D eigenvalue weighted by molar-refractivity contribution is 0.276. The van der Waals surface area contributed by atoms with Gasteiger partial charge in [-0.05, 0) is 37.2 Å². The van der Waals surface area contributed by atoms with E-state index in [2.05, 4.69) is 19.2 Å². The van der Waals surface area contributed by atoms with Gasteiger partial charge < -0.3 is 9.88 Å². The van der Waals surface area contributed by atoms with Gasteiger partial charge in [-0.2, -0.15) is 0 Å². The summed E-state index contributed by atoms with van der Waals surface area (Å²) in [4.78, 5) is 11.3. The van der Waals surface area contributed by atoms with Crippen LogP contribution in [0.3, 0.4) is 0 Å². The summed E-state index contributed by atoms with van der Waals surface area (Å²) >= 11 is 0. The van der Waals surface area contributed by atoms with Crippen molar-refractivity contribution in [2.45, 2.75) is 39.2 Å². The van der Waals surface area contributed by atoms with Gasteiger partial charge in [0.15, 0.2) is 0 Å². The van der Waals surface area contributed by atoms with E-state index in [0.29, 0.717) is 12.0 Å². The fourth-order valence-corrected chi connectivity index (χ4v) is 2.77. The number of nitrogens with one attached hydrogen (secondary N) is 1. The van der Waals surface area contributed by atoms with Crippen LogP contribution < -0.4 is 10.9 Å². The van der Waals surface area contributed by atoms with E-state index in [4.69, 9.17) is 0 Å². The molecular formula is C14H22N2O. The predicted octanol–water partition coefficient (Wildman–Crippen LogP) is 2.62. The minimum Gasteiger partial charge on any atom is -0.381 e. The molecule has 0 bridgehead atoms. The molecule has 1 N–H and O–H groups in total. The van der Waals surface area contributed by atoms with Crippen molar-refractivity contribution < 1.29 is 0 Å². The highest BCUT2D eigenvalue weighted by Gasteiger charge is 2.24. The van der Waals surface area contributed by atoms with Crippen molar-refractivity contribution >= 4 is 5.69 Å². The van der Waals surface area contributed by atoms with Gasteiger partial charge in [-0.15, -0.1) is 0 Å². The summed E-state index contributed by atoms with van der Waals surface area (Å²) in [5, 5.41) is 3.56. The van der Waals surface area contributed by atoms with Crippen molar-refractivity contribution in [3.8, 4) is 0 Å². The zero-order valence-electron chi connectivity index (χ0n) is 10.9. The molecule has 1 aliphatic carbocycles. The molecule has 3 atom stereocenters. The Morgan fingerprint density at radius 1 is 1.29 bits per heavy atom. The standard InChI is InChI=1S/C14H22N2O/c1-10-4-6-13(11(2)8-10)15-12-5-7-14(17)16(3)9-12/h5,7,9-11,13,15H,4,6,8H2,1-3H3. The number of anilines is 1. The van der Waals surface area contributed by atoms with Crippen LogP contribution in [0.25, 0.3) is 0 Å². The second kappa shape index (κ2) is 4.94. The lowest BCUT2D eigenvalue weighted by atomic mass is 9.80. The Kier molecular flexibility index (Phi) is 3.55. The van der Waals surface area contributed by atoms with Gasteiger partial charge in [0.1, 0.15) is 0 Å². The van der Waals surface area contributed by atoms with Gasteiger partial charge in [-0.3, -0.25) is 4.79 Å². The number of pyridine rings is 1. The first-order valence-corrected chi connectivity index (χ1v) is 6.49. The SMILES string of the molecule is CC1CCC(Nc2ccc(=O)n(C)c2)C(C)C1.